The van der Waals surface area contributed by atoms with Gasteiger partial charge in [0.25, 0.3) is 0 Å². The number of hydrogen-bond donors (Lipinski definition) is 1. The maximum absolute atomic E-state index is 13.4. The second-order valence-electron chi connectivity index (χ2n) is 7.64. The first-order chi connectivity index (χ1) is 12.9. The van der Waals surface area contributed by atoms with Crippen molar-refractivity contribution < 1.29 is 13.2 Å². The largest absolute Gasteiger partial charge is 0.410 e. The highest BCUT2D eigenvalue weighted by Gasteiger charge is 2.45. The summed E-state index contributed by atoms with van der Waals surface area (Å²) in [5, 5.41) is 7.52. The predicted molar refractivity (Wildman–Crippen MR) is 96.5 cm³/mol. The number of rotatable bonds is 3. The average molecular weight is 379 g/mol. The number of pyridine rings is 1. The van der Waals surface area contributed by atoms with Gasteiger partial charge in [0, 0.05) is 37.0 Å². The van der Waals surface area contributed by atoms with E-state index in [4.69, 9.17) is 0 Å². The number of halogens is 3. The lowest BCUT2D eigenvalue weighted by atomic mass is 9.93. The number of likely N-dealkylation sites (tertiary alicyclic amines) is 1. The van der Waals surface area contributed by atoms with Crippen LogP contribution in [0.25, 0.3) is 0 Å². The number of nitrogens with one attached hydrogen (secondary N) is 1. The molecule has 8 heteroatoms. The molecule has 27 heavy (non-hydrogen) atoms. The molecule has 2 aromatic rings. The Balaban J connectivity index is 1.44. The van der Waals surface area contributed by atoms with Crippen LogP contribution in [0.1, 0.15) is 49.4 Å². The lowest BCUT2D eigenvalue weighted by Gasteiger charge is -2.31. The third-order valence-corrected chi connectivity index (χ3v) is 5.56. The highest BCUT2D eigenvalue weighted by atomic mass is 19.4. The molecule has 2 aliphatic rings. The normalized spacial score (nSPS) is 24.4. The fourth-order valence-electron chi connectivity index (χ4n) is 4.11. The molecule has 0 aliphatic carbocycles. The highest BCUT2D eigenvalue weighted by Crippen LogP contribution is 2.40. The van der Waals surface area contributed by atoms with Gasteiger partial charge in [-0.05, 0) is 57.0 Å². The Labute approximate surface area is 156 Å². The number of piperidine rings is 1. The number of nitrogens with zero attached hydrogens (tertiary/aromatic N) is 4. The van der Waals surface area contributed by atoms with Gasteiger partial charge in [0.1, 0.15) is 5.82 Å². The topological polar surface area (TPSA) is 46.0 Å². The smallest absolute Gasteiger partial charge is 0.368 e. The van der Waals surface area contributed by atoms with E-state index in [1.807, 2.05) is 18.2 Å². The molecular formula is C19H24F3N5. The summed E-state index contributed by atoms with van der Waals surface area (Å²) >= 11 is 0. The quantitative estimate of drug-likeness (QED) is 0.877. The molecule has 1 saturated heterocycles. The van der Waals surface area contributed by atoms with Gasteiger partial charge in [-0.2, -0.15) is 18.3 Å². The number of alkyl halides is 3. The Hall–Kier alpha value is -2.09. The van der Waals surface area contributed by atoms with Crippen molar-refractivity contribution in [3.05, 3.63) is 41.9 Å². The van der Waals surface area contributed by atoms with E-state index in [-0.39, 0.29) is 18.4 Å². The molecule has 0 amide bonds. The van der Waals surface area contributed by atoms with Gasteiger partial charge in [-0.1, -0.05) is 0 Å². The Bertz CT molecular complexity index is 765. The molecule has 2 aliphatic heterocycles. The van der Waals surface area contributed by atoms with Crippen LogP contribution in [0.3, 0.4) is 0 Å². The van der Waals surface area contributed by atoms with Crippen LogP contribution in [-0.2, 0) is 6.54 Å². The van der Waals surface area contributed by atoms with Gasteiger partial charge in [-0.25, -0.2) is 4.68 Å². The predicted octanol–water partition coefficient (Wildman–Crippen LogP) is 3.97. The zero-order chi connectivity index (χ0) is 19.0. The summed E-state index contributed by atoms with van der Waals surface area (Å²) in [6.45, 7) is 4.50. The molecule has 1 N–H and O–H groups in total. The Morgan fingerprint density at radius 1 is 1.19 bits per heavy atom. The van der Waals surface area contributed by atoms with Gasteiger partial charge < -0.3 is 5.32 Å². The van der Waals surface area contributed by atoms with Crippen LogP contribution in [0.4, 0.5) is 19.0 Å². The van der Waals surface area contributed by atoms with E-state index in [1.165, 1.54) is 5.56 Å². The molecule has 0 aromatic carbocycles. The second kappa shape index (κ2) is 7.14. The third-order valence-electron chi connectivity index (χ3n) is 5.56. The van der Waals surface area contributed by atoms with Crippen molar-refractivity contribution in [2.45, 2.75) is 56.9 Å². The molecular weight excluding hydrogens is 355 g/mol. The first-order valence-corrected chi connectivity index (χ1v) is 9.44. The van der Waals surface area contributed by atoms with Gasteiger partial charge in [0.15, 0.2) is 6.04 Å². The standard InChI is InChI=1S/C19H24F3N5/c1-13-10-17(19(20,21)22)27-18(24-13)11-16(25-27)15-4-8-26(9-5-15)12-14-2-6-23-7-3-14/h2-3,6-7,11,13,15,17,24H,4-5,8-10,12H2,1H3/t13-,17-/m1/s1. The van der Waals surface area contributed by atoms with E-state index >= 15 is 0 Å². The highest BCUT2D eigenvalue weighted by molar-refractivity contribution is 5.42. The molecule has 0 bridgehead atoms. The molecule has 0 spiro atoms. The van der Waals surface area contributed by atoms with Crippen LogP contribution < -0.4 is 5.32 Å². The van der Waals surface area contributed by atoms with Crippen LogP contribution in [0, 0.1) is 0 Å². The zero-order valence-electron chi connectivity index (χ0n) is 15.3. The average Bonchev–Trinajstić information content (AvgIpc) is 3.05. The van der Waals surface area contributed by atoms with Crippen molar-refractivity contribution >= 4 is 5.82 Å². The second-order valence-corrected chi connectivity index (χ2v) is 7.64. The molecule has 5 nitrogen and oxygen atoms in total. The summed E-state index contributed by atoms with van der Waals surface area (Å²) in [4.78, 5) is 6.41. The van der Waals surface area contributed by atoms with E-state index in [1.54, 1.807) is 19.3 Å². The fourth-order valence-corrected chi connectivity index (χ4v) is 4.11. The first kappa shape index (κ1) is 18.3. The lowest BCUT2D eigenvalue weighted by molar-refractivity contribution is -0.173. The molecule has 2 atom stereocenters. The van der Waals surface area contributed by atoms with Crippen LogP contribution in [0.15, 0.2) is 30.6 Å². The van der Waals surface area contributed by atoms with Gasteiger partial charge in [0.05, 0.1) is 5.69 Å². The summed E-state index contributed by atoms with van der Waals surface area (Å²) in [6.07, 6.45) is 1.15. The van der Waals surface area contributed by atoms with Crippen LogP contribution in [-0.4, -0.2) is 45.0 Å². The summed E-state index contributed by atoms with van der Waals surface area (Å²) in [7, 11) is 0. The van der Waals surface area contributed by atoms with Gasteiger partial charge in [0.2, 0.25) is 0 Å². The first-order valence-electron chi connectivity index (χ1n) is 9.44. The monoisotopic (exact) mass is 379 g/mol. The minimum atomic E-state index is -4.28. The Kier molecular flexibility index (Phi) is 4.84. The number of anilines is 1. The Morgan fingerprint density at radius 2 is 1.89 bits per heavy atom. The maximum atomic E-state index is 13.4. The summed E-state index contributed by atoms with van der Waals surface area (Å²) < 4.78 is 41.4. The van der Waals surface area contributed by atoms with Gasteiger partial charge in [-0.3, -0.25) is 9.88 Å². The lowest BCUT2D eigenvalue weighted by Crippen LogP contribution is -2.38. The molecule has 0 saturated carbocycles. The molecule has 2 aromatic heterocycles. The minimum absolute atomic E-state index is 0.0159. The molecule has 4 heterocycles. The molecule has 146 valence electrons. The van der Waals surface area contributed by atoms with Crippen molar-refractivity contribution in [3.63, 3.8) is 0 Å². The van der Waals surface area contributed by atoms with E-state index in [9.17, 15) is 13.2 Å². The van der Waals surface area contributed by atoms with E-state index in [0.717, 1.165) is 42.9 Å². The van der Waals surface area contributed by atoms with Crippen molar-refractivity contribution in [2.24, 2.45) is 0 Å². The van der Waals surface area contributed by atoms with E-state index in [0.29, 0.717) is 5.82 Å². The maximum Gasteiger partial charge on any atom is 0.410 e. The summed E-state index contributed by atoms with van der Waals surface area (Å²) in [5.41, 5.74) is 2.01. The number of fused-ring (bicyclic) bond motifs is 1. The zero-order valence-corrected chi connectivity index (χ0v) is 15.3. The van der Waals surface area contributed by atoms with Crippen LogP contribution >= 0.6 is 0 Å². The number of aromatic nitrogens is 3. The van der Waals surface area contributed by atoms with E-state index in [2.05, 4.69) is 20.3 Å². The van der Waals surface area contributed by atoms with Crippen molar-refractivity contribution in [1.82, 2.24) is 19.7 Å². The van der Waals surface area contributed by atoms with Crippen molar-refractivity contribution in [2.75, 3.05) is 18.4 Å². The summed E-state index contributed by atoms with van der Waals surface area (Å²) in [5.74, 6) is 0.702. The van der Waals surface area contributed by atoms with Crippen molar-refractivity contribution in [3.8, 4) is 0 Å². The van der Waals surface area contributed by atoms with Crippen molar-refractivity contribution in [1.29, 1.82) is 0 Å². The van der Waals surface area contributed by atoms with E-state index < -0.39 is 12.2 Å². The van der Waals surface area contributed by atoms with Crippen LogP contribution in [0.2, 0.25) is 0 Å². The van der Waals surface area contributed by atoms with Gasteiger partial charge in [-0.15, -0.1) is 0 Å². The summed E-state index contributed by atoms with van der Waals surface area (Å²) in [6, 6.07) is 4.09. The number of hydrogen-bond acceptors (Lipinski definition) is 4. The van der Waals surface area contributed by atoms with Crippen LogP contribution in [0.5, 0.6) is 0 Å². The van der Waals surface area contributed by atoms with Gasteiger partial charge >= 0.3 is 6.18 Å². The third kappa shape index (κ3) is 3.95. The molecule has 4 rings (SSSR count). The molecule has 0 unspecified atom stereocenters. The minimum Gasteiger partial charge on any atom is -0.368 e. The fraction of sp³-hybridized carbons (Fsp3) is 0.579. The molecule has 0 radical (unpaired) electrons. The SMILES string of the molecule is C[C@@H]1C[C@H](C(F)(F)F)n2nc(C3CCN(Cc4ccncc4)CC3)cc2N1. The Morgan fingerprint density at radius 3 is 2.56 bits per heavy atom. The molecule has 1 fully saturated rings.